The first-order chi connectivity index (χ1) is 8.00. The normalized spacial score (nSPS) is 40.5. The van der Waals surface area contributed by atoms with E-state index < -0.39 is 0 Å². The quantitative estimate of drug-likeness (QED) is 0.753. The molecule has 2 N–H and O–H groups in total. The molecule has 3 fully saturated rings. The van der Waals surface area contributed by atoms with Crippen molar-refractivity contribution in [2.45, 2.75) is 63.8 Å². The summed E-state index contributed by atoms with van der Waals surface area (Å²) in [6.45, 7) is 4.96. The van der Waals surface area contributed by atoms with Gasteiger partial charge in [0.2, 0.25) is 5.91 Å². The van der Waals surface area contributed by atoms with Crippen LogP contribution in [0.4, 0.5) is 0 Å². The van der Waals surface area contributed by atoms with Crippen LogP contribution in [0, 0.1) is 5.41 Å². The number of hydrogen-bond acceptors (Lipinski definition) is 3. The number of hydrogen-bond donors (Lipinski definition) is 2. The monoisotopic (exact) mass is 238 g/mol. The molecule has 0 spiro atoms. The molecule has 1 saturated heterocycles. The van der Waals surface area contributed by atoms with E-state index in [-0.39, 0.29) is 29.5 Å². The Morgan fingerprint density at radius 2 is 2.06 bits per heavy atom. The Morgan fingerprint density at radius 3 is 2.59 bits per heavy atom. The summed E-state index contributed by atoms with van der Waals surface area (Å²) in [4.78, 5) is 14.3. The van der Waals surface area contributed by atoms with E-state index in [9.17, 15) is 9.90 Å². The van der Waals surface area contributed by atoms with Crippen LogP contribution in [0.15, 0.2) is 0 Å². The van der Waals surface area contributed by atoms with Crippen LogP contribution < -0.4 is 5.32 Å². The van der Waals surface area contributed by atoms with Gasteiger partial charge >= 0.3 is 0 Å². The Kier molecular flexibility index (Phi) is 2.49. The maximum atomic E-state index is 12.3. The fourth-order valence-electron chi connectivity index (χ4n) is 3.11. The van der Waals surface area contributed by atoms with Crippen LogP contribution >= 0.6 is 0 Å². The lowest BCUT2D eigenvalue weighted by atomic mass is 9.64. The predicted octanol–water partition coefficient (Wildman–Crippen LogP) is 0.499. The van der Waals surface area contributed by atoms with Crippen molar-refractivity contribution in [1.82, 2.24) is 10.2 Å². The van der Waals surface area contributed by atoms with E-state index in [4.69, 9.17) is 0 Å². The topological polar surface area (TPSA) is 52.6 Å². The number of nitrogens with zero attached hydrogens (tertiary/aromatic N) is 1. The summed E-state index contributed by atoms with van der Waals surface area (Å²) < 4.78 is 0. The lowest BCUT2D eigenvalue weighted by Crippen LogP contribution is -2.62. The molecule has 3 unspecified atom stereocenters. The number of aliphatic hydroxyl groups is 1. The second-order valence-electron chi connectivity index (χ2n) is 6.40. The highest BCUT2D eigenvalue weighted by Crippen LogP contribution is 2.45. The minimum Gasteiger partial charge on any atom is -0.392 e. The van der Waals surface area contributed by atoms with Crippen LogP contribution in [0.5, 0.6) is 0 Å². The van der Waals surface area contributed by atoms with Crippen molar-refractivity contribution in [2.24, 2.45) is 5.41 Å². The molecule has 4 heteroatoms. The molecule has 1 aliphatic heterocycles. The standard InChI is InChI=1S/C13H22N2O2/c1-13(2)10(7-11(13)16)15-6-5-9(12(15)17)14-8-3-4-8/h8-11,14,16H,3-7H2,1-2H3. The number of carbonyl (C=O) groups is 1. The molecular weight excluding hydrogens is 216 g/mol. The van der Waals surface area contributed by atoms with Gasteiger partial charge in [0.05, 0.1) is 12.1 Å². The van der Waals surface area contributed by atoms with Crippen LogP contribution in [0.3, 0.4) is 0 Å². The Morgan fingerprint density at radius 1 is 1.35 bits per heavy atom. The summed E-state index contributed by atoms with van der Waals surface area (Å²) in [6.07, 6.45) is 3.86. The molecule has 1 heterocycles. The van der Waals surface area contributed by atoms with E-state index in [0.29, 0.717) is 6.04 Å². The molecule has 0 bridgehead atoms. The summed E-state index contributed by atoms with van der Waals surface area (Å²) in [5.74, 6) is 0.252. The zero-order valence-corrected chi connectivity index (χ0v) is 10.6. The van der Waals surface area contributed by atoms with E-state index in [0.717, 1.165) is 19.4 Å². The second-order valence-corrected chi connectivity index (χ2v) is 6.40. The van der Waals surface area contributed by atoms with Crippen LogP contribution in [0.25, 0.3) is 0 Å². The number of carbonyl (C=O) groups excluding carboxylic acids is 1. The van der Waals surface area contributed by atoms with Gasteiger partial charge in [0.1, 0.15) is 0 Å². The molecule has 0 aromatic heterocycles. The number of likely N-dealkylation sites (tertiary alicyclic amines) is 1. The number of amides is 1. The first-order valence-electron chi connectivity index (χ1n) is 6.74. The van der Waals surface area contributed by atoms with Crippen molar-refractivity contribution in [2.75, 3.05) is 6.54 Å². The van der Waals surface area contributed by atoms with Crippen LogP contribution in [-0.2, 0) is 4.79 Å². The minimum absolute atomic E-state index is 0.0380. The van der Waals surface area contributed by atoms with Crippen molar-refractivity contribution in [1.29, 1.82) is 0 Å². The molecule has 0 radical (unpaired) electrons. The third kappa shape index (κ3) is 1.78. The highest BCUT2D eigenvalue weighted by atomic mass is 16.3. The first-order valence-corrected chi connectivity index (χ1v) is 6.74. The zero-order valence-electron chi connectivity index (χ0n) is 10.6. The summed E-state index contributed by atoms with van der Waals surface area (Å²) in [5.41, 5.74) is -0.135. The molecule has 2 saturated carbocycles. The summed E-state index contributed by atoms with van der Waals surface area (Å²) in [7, 11) is 0. The van der Waals surface area contributed by atoms with Crippen molar-refractivity contribution in [3.05, 3.63) is 0 Å². The highest BCUT2D eigenvalue weighted by molar-refractivity contribution is 5.84. The third-order valence-corrected chi connectivity index (χ3v) is 4.79. The molecule has 1 amide bonds. The predicted molar refractivity (Wildman–Crippen MR) is 64.5 cm³/mol. The third-order valence-electron chi connectivity index (χ3n) is 4.79. The summed E-state index contributed by atoms with van der Waals surface area (Å²) in [5, 5.41) is 13.2. The average molecular weight is 238 g/mol. The minimum atomic E-state index is -0.254. The molecule has 0 aromatic carbocycles. The largest absolute Gasteiger partial charge is 0.392 e. The molecule has 4 nitrogen and oxygen atoms in total. The Bertz CT molecular complexity index is 338. The van der Waals surface area contributed by atoms with Gasteiger partial charge in [-0.15, -0.1) is 0 Å². The van der Waals surface area contributed by atoms with Gasteiger partial charge < -0.3 is 15.3 Å². The van der Waals surface area contributed by atoms with Crippen molar-refractivity contribution in [3.8, 4) is 0 Å². The fourth-order valence-corrected chi connectivity index (χ4v) is 3.11. The molecular formula is C13H22N2O2. The van der Waals surface area contributed by atoms with Crippen LogP contribution in [-0.4, -0.2) is 46.7 Å². The Balaban J connectivity index is 1.63. The Labute approximate surface area is 102 Å². The van der Waals surface area contributed by atoms with Crippen molar-refractivity contribution in [3.63, 3.8) is 0 Å². The van der Waals surface area contributed by atoms with Gasteiger partial charge in [-0.1, -0.05) is 13.8 Å². The molecule has 3 rings (SSSR count). The van der Waals surface area contributed by atoms with Crippen LogP contribution in [0.1, 0.15) is 39.5 Å². The summed E-state index contributed by atoms with van der Waals surface area (Å²) >= 11 is 0. The molecule has 2 aliphatic carbocycles. The maximum Gasteiger partial charge on any atom is 0.240 e. The first kappa shape index (κ1) is 11.5. The molecule has 96 valence electrons. The highest BCUT2D eigenvalue weighted by Gasteiger charge is 2.53. The molecule has 0 aromatic rings. The average Bonchev–Trinajstić information content (AvgIpc) is 3.03. The van der Waals surface area contributed by atoms with Crippen molar-refractivity contribution < 1.29 is 9.90 Å². The number of aliphatic hydroxyl groups excluding tert-OH is 1. The van der Waals surface area contributed by atoms with Crippen molar-refractivity contribution >= 4 is 5.91 Å². The van der Waals surface area contributed by atoms with Crippen LogP contribution in [0.2, 0.25) is 0 Å². The van der Waals surface area contributed by atoms with Gasteiger partial charge in [0.15, 0.2) is 0 Å². The van der Waals surface area contributed by atoms with Gasteiger partial charge in [-0.25, -0.2) is 0 Å². The van der Waals surface area contributed by atoms with Gasteiger partial charge in [0, 0.05) is 24.0 Å². The fraction of sp³-hybridized carbons (Fsp3) is 0.923. The van der Waals surface area contributed by atoms with E-state index in [2.05, 4.69) is 19.2 Å². The smallest absolute Gasteiger partial charge is 0.240 e. The van der Waals surface area contributed by atoms with Gasteiger partial charge in [-0.3, -0.25) is 4.79 Å². The number of rotatable bonds is 3. The number of nitrogens with one attached hydrogen (secondary N) is 1. The SMILES string of the molecule is CC1(C)C(O)CC1N1CCC(NC2CC2)C1=O. The molecule has 17 heavy (non-hydrogen) atoms. The lowest BCUT2D eigenvalue weighted by molar-refractivity contribution is -0.151. The second kappa shape index (κ2) is 3.69. The summed E-state index contributed by atoms with van der Waals surface area (Å²) in [6, 6.07) is 0.857. The Hall–Kier alpha value is -0.610. The molecule has 3 atom stereocenters. The van der Waals surface area contributed by atoms with Gasteiger partial charge in [-0.05, 0) is 25.7 Å². The zero-order chi connectivity index (χ0) is 12.2. The maximum absolute atomic E-state index is 12.3. The van der Waals surface area contributed by atoms with E-state index in [1.807, 2.05) is 4.90 Å². The van der Waals surface area contributed by atoms with E-state index in [1.165, 1.54) is 12.8 Å². The van der Waals surface area contributed by atoms with Gasteiger partial charge in [-0.2, -0.15) is 0 Å². The molecule has 3 aliphatic rings. The van der Waals surface area contributed by atoms with E-state index in [1.54, 1.807) is 0 Å². The van der Waals surface area contributed by atoms with E-state index >= 15 is 0 Å². The van der Waals surface area contributed by atoms with Gasteiger partial charge in [0.25, 0.3) is 0 Å². The lowest BCUT2D eigenvalue weighted by Gasteiger charge is -2.53.